The highest BCUT2D eigenvalue weighted by Gasteiger charge is 2.15. The number of carbonyl (C=O) groups excluding carboxylic acids is 1. The smallest absolute Gasteiger partial charge is 0.273 e. The summed E-state index contributed by atoms with van der Waals surface area (Å²) in [6.45, 7) is 1.65. The van der Waals surface area contributed by atoms with Crippen LogP contribution >= 0.6 is 15.9 Å². The van der Waals surface area contributed by atoms with Crippen molar-refractivity contribution in [3.05, 3.63) is 73.7 Å². The van der Waals surface area contributed by atoms with Crippen LogP contribution in [0.15, 0.2) is 46.9 Å². The van der Waals surface area contributed by atoms with Crippen LogP contribution in [0.2, 0.25) is 0 Å². The molecule has 0 aliphatic heterocycles. The Hall–Kier alpha value is -2.01. The van der Waals surface area contributed by atoms with Gasteiger partial charge in [0.2, 0.25) is 0 Å². The molecule has 0 saturated heterocycles. The Labute approximate surface area is 124 Å². The first-order valence-corrected chi connectivity index (χ1v) is 6.79. The topological polar surface area (TPSA) is 60.2 Å². The zero-order chi connectivity index (χ0) is 14.7. The van der Waals surface area contributed by atoms with Crippen LogP contribution in [0.4, 0.5) is 5.69 Å². The van der Waals surface area contributed by atoms with Crippen LogP contribution in [0.5, 0.6) is 0 Å². The van der Waals surface area contributed by atoms with Gasteiger partial charge in [0.15, 0.2) is 5.78 Å². The summed E-state index contributed by atoms with van der Waals surface area (Å²) >= 11 is 3.33. The van der Waals surface area contributed by atoms with E-state index in [0.29, 0.717) is 11.1 Å². The van der Waals surface area contributed by atoms with E-state index in [2.05, 4.69) is 15.9 Å². The normalized spacial score (nSPS) is 10.3. The Kier molecular flexibility index (Phi) is 4.29. The summed E-state index contributed by atoms with van der Waals surface area (Å²) in [4.78, 5) is 22.6. The second-order valence-electron chi connectivity index (χ2n) is 4.48. The van der Waals surface area contributed by atoms with E-state index in [4.69, 9.17) is 0 Å². The Morgan fingerprint density at radius 2 is 1.85 bits per heavy atom. The van der Waals surface area contributed by atoms with Crippen molar-refractivity contribution >= 4 is 27.4 Å². The van der Waals surface area contributed by atoms with Crippen molar-refractivity contribution in [2.45, 2.75) is 13.3 Å². The number of Topliss-reactive ketones (excluding diaryl/α,β-unsaturated/α-hetero) is 1. The Morgan fingerprint density at radius 1 is 1.20 bits per heavy atom. The van der Waals surface area contributed by atoms with Crippen LogP contribution in [-0.2, 0) is 6.42 Å². The van der Waals surface area contributed by atoms with Crippen LogP contribution < -0.4 is 0 Å². The minimum atomic E-state index is -0.467. The molecule has 2 rings (SSSR count). The van der Waals surface area contributed by atoms with Gasteiger partial charge in [-0.05, 0) is 24.6 Å². The number of halogens is 1. The first-order valence-electron chi connectivity index (χ1n) is 6.00. The van der Waals surface area contributed by atoms with Gasteiger partial charge in [0.05, 0.1) is 4.92 Å². The number of rotatable bonds is 4. The number of hydrogen-bond donors (Lipinski definition) is 0. The molecule has 0 saturated carbocycles. The molecular weight excluding hydrogens is 322 g/mol. The van der Waals surface area contributed by atoms with Gasteiger partial charge in [-0.1, -0.05) is 40.2 Å². The number of aryl methyl sites for hydroxylation is 1. The highest BCUT2D eigenvalue weighted by atomic mass is 79.9. The van der Waals surface area contributed by atoms with E-state index in [0.717, 1.165) is 10.0 Å². The Bertz CT molecular complexity index is 665. The summed E-state index contributed by atoms with van der Waals surface area (Å²) < 4.78 is 0.944. The molecule has 0 radical (unpaired) electrons. The van der Waals surface area contributed by atoms with Crippen molar-refractivity contribution in [1.82, 2.24) is 0 Å². The van der Waals surface area contributed by atoms with Gasteiger partial charge in [-0.15, -0.1) is 0 Å². The first kappa shape index (κ1) is 14.4. The summed E-state index contributed by atoms with van der Waals surface area (Å²) in [5, 5.41) is 10.9. The maximum absolute atomic E-state index is 12.2. The molecule has 2 aromatic carbocycles. The van der Waals surface area contributed by atoms with E-state index in [9.17, 15) is 14.9 Å². The molecular formula is C15H12BrNO3. The lowest BCUT2D eigenvalue weighted by Crippen LogP contribution is -2.04. The largest absolute Gasteiger partial charge is 0.294 e. The quantitative estimate of drug-likeness (QED) is 0.481. The molecule has 4 nitrogen and oxygen atoms in total. The minimum absolute atomic E-state index is 0.0216. The van der Waals surface area contributed by atoms with E-state index in [-0.39, 0.29) is 17.9 Å². The van der Waals surface area contributed by atoms with E-state index in [1.807, 2.05) is 24.3 Å². The number of carbonyl (C=O) groups is 1. The monoisotopic (exact) mass is 333 g/mol. The zero-order valence-corrected chi connectivity index (χ0v) is 12.4. The number of nitrogens with zero attached hydrogens (tertiary/aromatic N) is 1. The standard InChI is InChI=1S/C15H12BrNO3/c1-10-2-5-12(9-14(10)17(19)20)15(18)8-11-3-6-13(16)7-4-11/h2-7,9H,8H2,1H3. The molecule has 0 aliphatic rings. The molecule has 0 atom stereocenters. The van der Waals surface area contributed by atoms with Crippen LogP contribution in [0.1, 0.15) is 21.5 Å². The predicted molar refractivity (Wildman–Crippen MR) is 80.0 cm³/mol. The number of nitro benzene ring substituents is 1. The molecule has 102 valence electrons. The summed E-state index contributed by atoms with van der Waals surface area (Å²) in [5.74, 6) is -0.129. The molecule has 0 unspecified atom stereocenters. The van der Waals surface area contributed by atoms with Gasteiger partial charge in [0.1, 0.15) is 0 Å². The third-order valence-corrected chi connectivity index (χ3v) is 3.53. The second-order valence-corrected chi connectivity index (χ2v) is 5.40. The lowest BCUT2D eigenvalue weighted by molar-refractivity contribution is -0.385. The number of nitro groups is 1. The van der Waals surface area contributed by atoms with Crippen molar-refractivity contribution in [3.63, 3.8) is 0 Å². The van der Waals surface area contributed by atoms with Gasteiger partial charge in [0, 0.05) is 28.1 Å². The fourth-order valence-corrected chi connectivity index (χ4v) is 2.13. The van der Waals surface area contributed by atoms with Gasteiger partial charge in [-0.3, -0.25) is 14.9 Å². The average molecular weight is 334 g/mol. The number of ketones is 1. The molecule has 0 aliphatic carbocycles. The molecule has 0 fully saturated rings. The lowest BCUT2D eigenvalue weighted by atomic mass is 10.0. The van der Waals surface area contributed by atoms with Crippen LogP contribution in [-0.4, -0.2) is 10.7 Å². The molecule has 0 N–H and O–H groups in total. The van der Waals surface area contributed by atoms with E-state index in [1.165, 1.54) is 6.07 Å². The molecule has 2 aromatic rings. The maximum atomic E-state index is 12.2. The molecule has 0 aromatic heterocycles. The van der Waals surface area contributed by atoms with Gasteiger partial charge >= 0.3 is 0 Å². The van der Waals surface area contributed by atoms with E-state index in [1.54, 1.807) is 19.1 Å². The van der Waals surface area contributed by atoms with Crippen molar-refractivity contribution < 1.29 is 9.72 Å². The van der Waals surface area contributed by atoms with Crippen LogP contribution in [0.3, 0.4) is 0 Å². The Balaban J connectivity index is 2.23. The van der Waals surface area contributed by atoms with Gasteiger partial charge in [-0.2, -0.15) is 0 Å². The maximum Gasteiger partial charge on any atom is 0.273 e. The number of hydrogen-bond acceptors (Lipinski definition) is 3. The molecule has 0 bridgehead atoms. The van der Waals surface area contributed by atoms with Gasteiger partial charge < -0.3 is 0 Å². The average Bonchev–Trinajstić information content (AvgIpc) is 2.41. The summed E-state index contributed by atoms with van der Waals surface area (Å²) in [6, 6.07) is 12.0. The molecule has 0 spiro atoms. The van der Waals surface area contributed by atoms with Crippen molar-refractivity contribution in [3.8, 4) is 0 Å². The van der Waals surface area contributed by atoms with Crippen molar-refractivity contribution in [2.75, 3.05) is 0 Å². The minimum Gasteiger partial charge on any atom is -0.294 e. The van der Waals surface area contributed by atoms with Gasteiger partial charge in [-0.25, -0.2) is 0 Å². The van der Waals surface area contributed by atoms with Crippen LogP contribution in [0.25, 0.3) is 0 Å². The van der Waals surface area contributed by atoms with E-state index >= 15 is 0 Å². The Morgan fingerprint density at radius 3 is 2.45 bits per heavy atom. The third kappa shape index (κ3) is 3.30. The summed E-state index contributed by atoms with van der Waals surface area (Å²) in [6.07, 6.45) is 0.230. The molecule has 0 amide bonds. The summed E-state index contributed by atoms with van der Waals surface area (Å²) in [7, 11) is 0. The number of benzene rings is 2. The van der Waals surface area contributed by atoms with Crippen molar-refractivity contribution in [1.29, 1.82) is 0 Å². The molecule has 20 heavy (non-hydrogen) atoms. The first-order chi connectivity index (χ1) is 9.47. The van der Waals surface area contributed by atoms with Gasteiger partial charge in [0.25, 0.3) is 5.69 Å². The SMILES string of the molecule is Cc1ccc(C(=O)Cc2ccc(Br)cc2)cc1[N+](=O)[O-]. The molecule has 0 heterocycles. The highest BCUT2D eigenvalue weighted by Crippen LogP contribution is 2.20. The lowest BCUT2D eigenvalue weighted by Gasteiger charge is -2.03. The van der Waals surface area contributed by atoms with Crippen LogP contribution in [0, 0.1) is 17.0 Å². The van der Waals surface area contributed by atoms with Crippen molar-refractivity contribution in [2.24, 2.45) is 0 Å². The molecule has 5 heteroatoms. The third-order valence-electron chi connectivity index (χ3n) is 3.01. The van der Waals surface area contributed by atoms with E-state index < -0.39 is 4.92 Å². The highest BCUT2D eigenvalue weighted by molar-refractivity contribution is 9.10. The fourth-order valence-electron chi connectivity index (χ4n) is 1.87. The predicted octanol–water partition coefficient (Wildman–Crippen LogP) is 4.09. The second kappa shape index (κ2) is 5.96. The summed E-state index contributed by atoms with van der Waals surface area (Å²) in [5.41, 5.74) is 1.77. The zero-order valence-electron chi connectivity index (χ0n) is 10.8. The fraction of sp³-hybridized carbons (Fsp3) is 0.133.